The molecule has 0 radical (unpaired) electrons. The number of ether oxygens (including phenoxy) is 2. The van der Waals surface area contributed by atoms with E-state index in [0.717, 1.165) is 0 Å². The lowest BCUT2D eigenvalue weighted by molar-refractivity contribution is 0.199. The number of fused-ring (bicyclic) bond motifs is 1. The molecule has 6 heteroatoms. The maximum atomic E-state index is 9.66. The lowest BCUT2D eigenvalue weighted by atomic mass is 10.1. The van der Waals surface area contributed by atoms with Crippen LogP contribution >= 0.6 is 11.6 Å². The number of aliphatic hydroxyl groups is 1. The number of hydrogen-bond acceptors (Lipinski definition) is 5. The van der Waals surface area contributed by atoms with Crippen LogP contribution in [0.4, 0.5) is 0 Å². The fourth-order valence-corrected chi connectivity index (χ4v) is 2.09. The van der Waals surface area contributed by atoms with Gasteiger partial charge in [0.1, 0.15) is 0 Å². The van der Waals surface area contributed by atoms with Gasteiger partial charge >= 0.3 is 0 Å². The molecule has 0 saturated carbocycles. The van der Waals surface area contributed by atoms with Crippen molar-refractivity contribution >= 4 is 22.4 Å². The van der Waals surface area contributed by atoms with Gasteiger partial charge < -0.3 is 14.6 Å². The molecule has 1 unspecified atom stereocenters. The molecule has 1 heterocycles. The van der Waals surface area contributed by atoms with Crippen molar-refractivity contribution in [3.8, 4) is 11.8 Å². The Hall–Kier alpha value is -1.59. The smallest absolute Gasteiger partial charge is 0.241 e. The van der Waals surface area contributed by atoms with Crippen LogP contribution in [0.1, 0.15) is 18.6 Å². The zero-order valence-electron chi connectivity index (χ0n) is 10.3. The Morgan fingerprint density at radius 1 is 1.11 bits per heavy atom. The predicted molar refractivity (Wildman–Crippen MR) is 68.3 cm³/mol. The van der Waals surface area contributed by atoms with E-state index in [1.165, 1.54) is 14.2 Å². The van der Waals surface area contributed by atoms with E-state index in [4.69, 9.17) is 21.1 Å². The molecule has 2 rings (SSSR count). The summed E-state index contributed by atoms with van der Waals surface area (Å²) in [6.07, 6.45) is -0.675. The summed E-state index contributed by atoms with van der Waals surface area (Å²) in [5, 5.41) is 19.3. The molecule has 1 N–H and O–H groups in total. The molecule has 0 aliphatic rings. The summed E-state index contributed by atoms with van der Waals surface area (Å²) in [6, 6.07) is 3.42. The first-order valence-electron chi connectivity index (χ1n) is 5.34. The maximum Gasteiger partial charge on any atom is 0.241 e. The van der Waals surface area contributed by atoms with Gasteiger partial charge in [-0.1, -0.05) is 11.6 Å². The Morgan fingerprint density at radius 2 is 1.61 bits per heavy atom. The van der Waals surface area contributed by atoms with Crippen LogP contribution in [-0.4, -0.2) is 29.5 Å². The molecule has 1 aromatic heterocycles. The second-order valence-electron chi connectivity index (χ2n) is 3.81. The second kappa shape index (κ2) is 4.96. The van der Waals surface area contributed by atoms with E-state index < -0.39 is 6.10 Å². The third kappa shape index (κ3) is 2.07. The van der Waals surface area contributed by atoms with Crippen molar-refractivity contribution in [2.75, 3.05) is 14.2 Å². The van der Waals surface area contributed by atoms with Gasteiger partial charge in [-0.3, -0.25) is 0 Å². The molecule has 1 atom stereocenters. The van der Waals surface area contributed by atoms with Crippen LogP contribution in [0.2, 0.25) is 5.02 Å². The van der Waals surface area contributed by atoms with Crippen LogP contribution in [0, 0.1) is 0 Å². The molecule has 18 heavy (non-hydrogen) atoms. The highest BCUT2D eigenvalue weighted by atomic mass is 35.5. The number of rotatable bonds is 3. The summed E-state index contributed by atoms with van der Waals surface area (Å²) in [5.41, 5.74) is 0.609. The molecular weight excluding hydrogens is 256 g/mol. The van der Waals surface area contributed by atoms with E-state index in [9.17, 15) is 5.11 Å². The van der Waals surface area contributed by atoms with E-state index in [-0.39, 0.29) is 0 Å². The standard InChI is InChI=1S/C12H13ClN2O3/c1-6(16)7-4-8-9(5-10(7)13)12(18-3)15-14-11(8)17-2/h4-6,16H,1-3H3. The highest BCUT2D eigenvalue weighted by molar-refractivity contribution is 6.32. The second-order valence-corrected chi connectivity index (χ2v) is 4.22. The van der Waals surface area contributed by atoms with Gasteiger partial charge in [-0.05, 0) is 24.6 Å². The topological polar surface area (TPSA) is 64.5 Å². The predicted octanol–water partition coefficient (Wildman–Crippen LogP) is 2.35. The van der Waals surface area contributed by atoms with E-state index in [1.54, 1.807) is 19.1 Å². The Labute approximate surface area is 109 Å². The van der Waals surface area contributed by atoms with Crippen molar-refractivity contribution in [1.29, 1.82) is 0 Å². The highest BCUT2D eigenvalue weighted by Gasteiger charge is 2.15. The maximum absolute atomic E-state index is 9.66. The van der Waals surface area contributed by atoms with Crippen molar-refractivity contribution < 1.29 is 14.6 Å². The quantitative estimate of drug-likeness (QED) is 0.926. The van der Waals surface area contributed by atoms with Crippen LogP contribution in [0.15, 0.2) is 12.1 Å². The molecule has 0 saturated heterocycles. The molecule has 96 valence electrons. The van der Waals surface area contributed by atoms with Gasteiger partial charge in [0.15, 0.2) is 0 Å². The number of halogens is 1. The van der Waals surface area contributed by atoms with Gasteiger partial charge in [-0.15, -0.1) is 10.2 Å². The van der Waals surface area contributed by atoms with Gasteiger partial charge in [0.25, 0.3) is 0 Å². The van der Waals surface area contributed by atoms with Gasteiger partial charge in [0.05, 0.1) is 31.1 Å². The summed E-state index contributed by atoms with van der Waals surface area (Å²) in [4.78, 5) is 0. The molecule has 0 bridgehead atoms. The molecule has 5 nitrogen and oxygen atoms in total. The summed E-state index contributed by atoms with van der Waals surface area (Å²) < 4.78 is 10.3. The molecule has 0 aliphatic heterocycles. The van der Waals surface area contributed by atoms with Crippen LogP contribution in [0.5, 0.6) is 11.8 Å². The minimum Gasteiger partial charge on any atom is -0.479 e. The Bertz CT molecular complexity index is 587. The SMILES string of the molecule is COc1nnc(OC)c2cc(C(C)O)c(Cl)cc12. The summed E-state index contributed by atoms with van der Waals surface area (Å²) >= 11 is 6.12. The lowest BCUT2D eigenvalue weighted by Crippen LogP contribution is -1.99. The third-order valence-corrected chi connectivity index (χ3v) is 2.99. The van der Waals surface area contributed by atoms with Crippen molar-refractivity contribution in [2.24, 2.45) is 0 Å². The normalized spacial score (nSPS) is 12.5. The minimum absolute atomic E-state index is 0.365. The van der Waals surface area contributed by atoms with E-state index >= 15 is 0 Å². The average Bonchev–Trinajstić information content (AvgIpc) is 2.36. The molecule has 0 spiro atoms. The zero-order valence-corrected chi connectivity index (χ0v) is 11.0. The van der Waals surface area contributed by atoms with Gasteiger partial charge in [-0.2, -0.15) is 0 Å². The van der Waals surface area contributed by atoms with Crippen LogP contribution in [0.25, 0.3) is 10.8 Å². The Morgan fingerprint density at radius 3 is 2.06 bits per heavy atom. The summed E-state index contributed by atoms with van der Waals surface area (Å²) in [7, 11) is 3.01. The Kier molecular flexibility index (Phi) is 3.54. The van der Waals surface area contributed by atoms with E-state index in [0.29, 0.717) is 33.1 Å². The van der Waals surface area contributed by atoms with Crippen molar-refractivity contribution in [3.63, 3.8) is 0 Å². The average molecular weight is 269 g/mol. The number of methoxy groups -OCH3 is 2. The van der Waals surface area contributed by atoms with Crippen LogP contribution < -0.4 is 9.47 Å². The Balaban J connectivity index is 2.81. The molecule has 0 amide bonds. The number of aliphatic hydroxyl groups excluding tert-OH is 1. The molecular formula is C12H13ClN2O3. The number of nitrogens with zero attached hydrogens (tertiary/aromatic N) is 2. The fourth-order valence-electron chi connectivity index (χ4n) is 1.76. The van der Waals surface area contributed by atoms with Gasteiger partial charge in [0, 0.05) is 5.02 Å². The van der Waals surface area contributed by atoms with Crippen molar-refractivity contribution in [3.05, 3.63) is 22.7 Å². The molecule has 0 fully saturated rings. The molecule has 1 aromatic carbocycles. The lowest BCUT2D eigenvalue weighted by Gasteiger charge is -2.12. The number of benzene rings is 1. The fraction of sp³-hybridized carbons (Fsp3) is 0.333. The first kappa shape index (κ1) is 12.9. The van der Waals surface area contributed by atoms with Crippen molar-refractivity contribution in [2.45, 2.75) is 13.0 Å². The first-order chi connectivity index (χ1) is 8.58. The number of aromatic nitrogens is 2. The van der Waals surface area contributed by atoms with Crippen LogP contribution in [0.3, 0.4) is 0 Å². The van der Waals surface area contributed by atoms with E-state index in [1.807, 2.05) is 0 Å². The first-order valence-corrected chi connectivity index (χ1v) is 5.72. The number of hydrogen-bond donors (Lipinski definition) is 1. The monoisotopic (exact) mass is 268 g/mol. The third-order valence-electron chi connectivity index (χ3n) is 2.67. The minimum atomic E-state index is -0.675. The summed E-state index contributed by atoms with van der Waals surface area (Å²) in [5.74, 6) is 0.731. The highest BCUT2D eigenvalue weighted by Crippen LogP contribution is 2.35. The zero-order chi connectivity index (χ0) is 13.3. The van der Waals surface area contributed by atoms with Gasteiger partial charge in [0.2, 0.25) is 11.8 Å². The van der Waals surface area contributed by atoms with Crippen molar-refractivity contribution in [1.82, 2.24) is 10.2 Å². The summed E-state index contributed by atoms with van der Waals surface area (Å²) in [6.45, 7) is 1.64. The van der Waals surface area contributed by atoms with Gasteiger partial charge in [-0.25, -0.2) is 0 Å². The van der Waals surface area contributed by atoms with E-state index in [2.05, 4.69) is 10.2 Å². The molecule has 2 aromatic rings. The largest absolute Gasteiger partial charge is 0.479 e. The molecule has 0 aliphatic carbocycles. The van der Waals surface area contributed by atoms with Crippen LogP contribution in [-0.2, 0) is 0 Å².